The monoisotopic (exact) mass is 835 g/mol. The number of amides is 3. The van der Waals surface area contributed by atoms with E-state index in [-0.39, 0.29) is 43.7 Å². The predicted octanol–water partition coefficient (Wildman–Crippen LogP) is -1.00. The standard InChI is InChI=1S/C20H28I3N3O9/c1-9(30)19(34)25(3-5-27)16-13(21)12(18(33)24-7-11(32)8-29)14(22)17(15(16)23)26(4-6-28)20(35)10(2)31/h9-11,27-32H,3-8H2,1-2H3,(H,24,33). The van der Waals surface area contributed by atoms with Crippen molar-refractivity contribution in [1.82, 2.24) is 5.32 Å². The summed E-state index contributed by atoms with van der Waals surface area (Å²) in [6.45, 7) is 0.231. The molecule has 0 aromatic heterocycles. The molecule has 0 aliphatic rings. The third-order valence-corrected chi connectivity index (χ3v) is 7.76. The lowest BCUT2D eigenvalue weighted by molar-refractivity contribution is -0.126. The van der Waals surface area contributed by atoms with Gasteiger partial charge < -0.3 is 45.8 Å². The fraction of sp³-hybridized carbons (Fsp3) is 0.550. The fourth-order valence-corrected chi connectivity index (χ4v) is 7.81. The van der Waals surface area contributed by atoms with Gasteiger partial charge in [0.05, 0.1) is 53.6 Å². The third-order valence-electron chi connectivity index (χ3n) is 4.64. The zero-order chi connectivity index (χ0) is 27.0. The number of hydrogen-bond donors (Lipinski definition) is 7. The lowest BCUT2D eigenvalue weighted by Gasteiger charge is -2.32. The molecule has 0 bridgehead atoms. The molecule has 3 atom stereocenters. The molecule has 0 heterocycles. The van der Waals surface area contributed by atoms with Crippen LogP contribution in [-0.2, 0) is 9.59 Å². The number of anilines is 2. The zero-order valence-corrected chi connectivity index (χ0v) is 25.4. The van der Waals surface area contributed by atoms with Crippen LogP contribution in [0.3, 0.4) is 0 Å². The first-order valence-corrected chi connectivity index (χ1v) is 13.6. The number of benzene rings is 1. The molecule has 0 saturated carbocycles. The average molecular weight is 835 g/mol. The molecule has 0 saturated heterocycles. The van der Waals surface area contributed by atoms with Crippen molar-refractivity contribution < 1.29 is 45.0 Å². The van der Waals surface area contributed by atoms with Crippen LogP contribution < -0.4 is 15.1 Å². The second-order valence-electron chi connectivity index (χ2n) is 7.34. The fourth-order valence-electron chi connectivity index (χ4n) is 2.99. The molecule has 0 fully saturated rings. The van der Waals surface area contributed by atoms with E-state index in [9.17, 15) is 39.9 Å². The highest BCUT2D eigenvalue weighted by Gasteiger charge is 2.34. The molecule has 12 nitrogen and oxygen atoms in total. The number of carbonyl (C=O) groups excluding carboxylic acids is 3. The van der Waals surface area contributed by atoms with E-state index in [1.165, 1.54) is 13.8 Å². The van der Waals surface area contributed by atoms with Gasteiger partial charge in [-0.2, -0.15) is 0 Å². The number of halogens is 3. The maximum atomic E-state index is 13.2. The maximum absolute atomic E-state index is 13.2. The summed E-state index contributed by atoms with van der Waals surface area (Å²) in [5.74, 6) is -2.22. The molecule has 3 unspecified atom stereocenters. The molecule has 35 heavy (non-hydrogen) atoms. The van der Waals surface area contributed by atoms with Crippen molar-refractivity contribution >= 4 is 96.9 Å². The van der Waals surface area contributed by atoms with Gasteiger partial charge in [-0.1, -0.05) is 0 Å². The Morgan fingerprint density at radius 3 is 1.51 bits per heavy atom. The molecule has 1 rings (SSSR count). The molecule has 3 amide bonds. The van der Waals surface area contributed by atoms with E-state index in [1.807, 2.05) is 67.8 Å². The Labute approximate surface area is 243 Å². The number of rotatable bonds is 12. The van der Waals surface area contributed by atoms with E-state index < -0.39 is 55.9 Å². The van der Waals surface area contributed by atoms with Gasteiger partial charge in [-0.15, -0.1) is 0 Å². The van der Waals surface area contributed by atoms with Gasteiger partial charge in [0.25, 0.3) is 17.7 Å². The number of nitrogens with zero attached hydrogens (tertiary/aromatic N) is 2. The normalized spacial score (nSPS) is 13.7. The molecule has 0 aliphatic carbocycles. The Kier molecular flexibility index (Phi) is 14.1. The predicted molar refractivity (Wildman–Crippen MR) is 152 cm³/mol. The number of nitrogens with one attached hydrogen (secondary N) is 1. The molecule has 0 aliphatic heterocycles. The summed E-state index contributed by atoms with van der Waals surface area (Å²) in [4.78, 5) is 41.0. The summed E-state index contributed by atoms with van der Waals surface area (Å²) in [5, 5.41) is 60.3. The molecule has 1 aromatic rings. The summed E-state index contributed by atoms with van der Waals surface area (Å²) in [6.07, 6.45) is -4.11. The van der Waals surface area contributed by atoms with Crippen molar-refractivity contribution in [1.29, 1.82) is 0 Å². The topological polar surface area (TPSA) is 191 Å². The minimum atomic E-state index is -1.44. The highest BCUT2D eigenvalue weighted by molar-refractivity contribution is 14.1. The summed E-state index contributed by atoms with van der Waals surface area (Å²) in [7, 11) is 0. The zero-order valence-electron chi connectivity index (χ0n) is 18.9. The lowest BCUT2D eigenvalue weighted by atomic mass is 10.1. The van der Waals surface area contributed by atoms with Crippen molar-refractivity contribution in [3.63, 3.8) is 0 Å². The van der Waals surface area contributed by atoms with E-state index in [0.29, 0.717) is 3.57 Å². The van der Waals surface area contributed by atoms with Crippen LogP contribution in [0.2, 0.25) is 0 Å². The lowest BCUT2D eigenvalue weighted by Crippen LogP contribution is -2.44. The molecular weight excluding hydrogens is 807 g/mol. The maximum Gasteiger partial charge on any atom is 0.255 e. The summed E-state index contributed by atoms with van der Waals surface area (Å²) < 4.78 is 0.812. The van der Waals surface area contributed by atoms with Crippen molar-refractivity contribution in [3.8, 4) is 0 Å². The van der Waals surface area contributed by atoms with E-state index in [1.54, 1.807) is 0 Å². The Balaban J connectivity index is 4.01. The van der Waals surface area contributed by atoms with Crippen LogP contribution in [0.15, 0.2) is 0 Å². The van der Waals surface area contributed by atoms with Crippen LogP contribution in [0, 0.1) is 10.7 Å². The van der Waals surface area contributed by atoms with Gasteiger partial charge in [-0.3, -0.25) is 14.4 Å². The number of aliphatic hydroxyl groups is 6. The molecule has 1 aromatic carbocycles. The van der Waals surface area contributed by atoms with Crippen LogP contribution in [0.4, 0.5) is 11.4 Å². The Bertz CT molecular complexity index is 874. The quantitative estimate of drug-likeness (QED) is 0.130. The summed E-state index contributed by atoms with van der Waals surface area (Å²) in [6, 6.07) is 0. The second kappa shape index (κ2) is 15.1. The highest BCUT2D eigenvalue weighted by atomic mass is 127. The molecule has 0 radical (unpaired) electrons. The first kappa shape index (κ1) is 32.6. The number of carbonyl (C=O) groups is 3. The smallest absolute Gasteiger partial charge is 0.255 e. The highest BCUT2D eigenvalue weighted by Crippen LogP contribution is 2.43. The first-order valence-electron chi connectivity index (χ1n) is 10.3. The van der Waals surface area contributed by atoms with Crippen LogP contribution >= 0.6 is 67.8 Å². The Hall–Kier alpha value is -0.420. The molecular formula is C20H28I3N3O9. The summed E-state index contributed by atoms with van der Waals surface area (Å²) >= 11 is 5.54. The van der Waals surface area contributed by atoms with Crippen molar-refractivity contribution in [2.45, 2.75) is 32.2 Å². The molecule has 0 spiro atoms. The average Bonchev–Trinajstić information content (AvgIpc) is 2.80. The van der Waals surface area contributed by atoms with E-state index in [0.717, 1.165) is 9.80 Å². The minimum absolute atomic E-state index is 0.0180. The first-order chi connectivity index (χ1) is 16.3. The molecule has 15 heteroatoms. The van der Waals surface area contributed by atoms with E-state index in [4.69, 9.17) is 5.11 Å². The van der Waals surface area contributed by atoms with E-state index in [2.05, 4.69) is 5.32 Å². The van der Waals surface area contributed by atoms with Crippen molar-refractivity contribution in [2.75, 3.05) is 49.3 Å². The largest absolute Gasteiger partial charge is 0.395 e. The van der Waals surface area contributed by atoms with Crippen LogP contribution in [0.1, 0.15) is 24.2 Å². The number of hydrogen-bond acceptors (Lipinski definition) is 9. The second-order valence-corrected chi connectivity index (χ2v) is 10.6. The van der Waals surface area contributed by atoms with Gasteiger partial charge >= 0.3 is 0 Å². The number of aliphatic hydroxyl groups excluding tert-OH is 6. The van der Waals surface area contributed by atoms with Crippen LogP contribution in [0.25, 0.3) is 0 Å². The SMILES string of the molecule is CC(O)C(=O)N(CCO)c1c(I)c(C(=O)NCC(O)CO)c(I)c(N(CCO)C(=O)C(C)O)c1I. The third kappa shape index (κ3) is 8.03. The minimum Gasteiger partial charge on any atom is -0.395 e. The molecule has 7 N–H and O–H groups in total. The van der Waals surface area contributed by atoms with Gasteiger partial charge in [0.1, 0.15) is 12.2 Å². The van der Waals surface area contributed by atoms with E-state index >= 15 is 0 Å². The Morgan fingerprint density at radius 2 is 1.20 bits per heavy atom. The van der Waals surface area contributed by atoms with Gasteiger partial charge in [-0.05, 0) is 81.6 Å². The van der Waals surface area contributed by atoms with Gasteiger partial charge in [-0.25, -0.2) is 0 Å². The van der Waals surface area contributed by atoms with Crippen molar-refractivity contribution in [3.05, 3.63) is 16.3 Å². The van der Waals surface area contributed by atoms with Crippen molar-refractivity contribution in [2.24, 2.45) is 0 Å². The van der Waals surface area contributed by atoms with Gasteiger partial charge in [0, 0.05) is 19.6 Å². The molecule has 198 valence electrons. The van der Waals surface area contributed by atoms with Crippen LogP contribution in [-0.4, -0.2) is 106 Å². The van der Waals surface area contributed by atoms with Gasteiger partial charge in [0.2, 0.25) is 0 Å². The van der Waals surface area contributed by atoms with Gasteiger partial charge in [0.15, 0.2) is 0 Å². The van der Waals surface area contributed by atoms with Crippen LogP contribution in [0.5, 0.6) is 0 Å². The Morgan fingerprint density at radius 1 is 0.800 bits per heavy atom. The summed E-state index contributed by atoms with van der Waals surface area (Å²) in [5.41, 5.74) is 0.288.